The van der Waals surface area contributed by atoms with Crippen LogP contribution in [0.4, 0.5) is 0 Å². The highest BCUT2D eigenvalue weighted by molar-refractivity contribution is 5.72. The minimum atomic E-state index is 0.259. The zero-order valence-corrected chi connectivity index (χ0v) is 11.4. The van der Waals surface area contributed by atoms with Crippen molar-refractivity contribution in [3.05, 3.63) is 30.2 Å². The Morgan fingerprint density at radius 1 is 1.37 bits per heavy atom. The molecule has 2 aromatic rings. The van der Waals surface area contributed by atoms with Crippen LogP contribution < -0.4 is 5.32 Å². The lowest BCUT2D eigenvalue weighted by Crippen LogP contribution is -2.39. The van der Waals surface area contributed by atoms with Gasteiger partial charge in [-0.2, -0.15) is 0 Å². The first-order valence-electron chi connectivity index (χ1n) is 6.93. The van der Waals surface area contributed by atoms with Gasteiger partial charge in [0.15, 0.2) is 11.5 Å². The van der Waals surface area contributed by atoms with Gasteiger partial charge in [0, 0.05) is 12.5 Å². The van der Waals surface area contributed by atoms with Crippen molar-refractivity contribution in [3.8, 4) is 0 Å². The lowest BCUT2D eigenvalue weighted by Gasteiger charge is -2.21. The summed E-state index contributed by atoms with van der Waals surface area (Å²) >= 11 is 0. The highest BCUT2D eigenvalue weighted by Crippen LogP contribution is 2.24. The maximum Gasteiger partial charge on any atom is 0.197 e. The molecule has 102 valence electrons. The fourth-order valence-corrected chi connectivity index (χ4v) is 2.74. The number of hydrogen-bond acceptors (Lipinski definition) is 4. The first-order valence-corrected chi connectivity index (χ1v) is 6.93. The van der Waals surface area contributed by atoms with E-state index in [4.69, 9.17) is 9.15 Å². The second kappa shape index (κ2) is 5.31. The summed E-state index contributed by atoms with van der Waals surface area (Å²) in [5.74, 6) is 0.781. The molecule has 1 fully saturated rings. The highest BCUT2D eigenvalue weighted by Gasteiger charge is 2.29. The van der Waals surface area contributed by atoms with Crippen LogP contribution in [0.1, 0.15) is 25.7 Å². The van der Waals surface area contributed by atoms with E-state index in [1.165, 1.54) is 0 Å². The molecule has 0 aliphatic carbocycles. The van der Waals surface area contributed by atoms with Crippen molar-refractivity contribution in [1.29, 1.82) is 0 Å². The Morgan fingerprint density at radius 3 is 2.89 bits per heavy atom. The van der Waals surface area contributed by atoms with Gasteiger partial charge in [0.25, 0.3) is 0 Å². The average molecular weight is 260 g/mol. The second-order valence-electron chi connectivity index (χ2n) is 5.24. The third-order valence-corrected chi connectivity index (χ3v) is 3.82. The Morgan fingerprint density at radius 2 is 2.21 bits per heavy atom. The predicted octanol–water partition coefficient (Wildman–Crippen LogP) is 2.53. The monoisotopic (exact) mass is 260 g/mol. The third-order valence-electron chi connectivity index (χ3n) is 3.82. The predicted molar refractivity (Wildman–Crippen MR) is 74.1 cm³/mol. The molecule has 3 unspecified atom stereocenters. The zero-order chi connectivity index (χ0) is 13.2. The number of oxazole rings is 1. The molecule has 0 radical (unpaired) electrons. The first-order chi connectivity index (χ1) is 9.26. The Hall–Kier alpha value is -1.39. The van der Waals surface area contributed by atoms with Gasteiger partial charge < -0.3 is 14.5 Å². The lowest BCUT2D eigenvalue weighted by molar-refractivity contribution is 0.0325. The van der Waals surface area contributed by atoms with E-state index < -0.39 is 0 Å². The first kappa shape index (κ1) is 12.6. The van der Waals surface area contributed by atoms with Gasteiger partial charge in [-0.1, -0.05) is 12.1 Å². The van der Waals surface area contributed by atoms with Crippen molar-refractivity contribution < 1.29 is 9.15 Å². The van der Waals surface area contributed by atoms with Gasteiger partial charge in [0.05, 0.1) is 12.2 Å². The Kier molecular flexibility index (Phi) is 3.53. The minimum Gasteiger partial charge on any atom is -0.441 e. The average Bonchev–Trinajstić information content (AvgIpc) is 3.01. The van der Waals surface area contributed by atoms with Gasteiger partial charge in [0.1, 0.15) is 5.52 Å². The third kappa shape index (κ3) is 2.65. The van der Waals surface area contributed by atoms with Gasteiger partial charge in [-0.05, 0) is 38.9 Å². The summed E-state index contributed by atoms with van der Waals surface area (Å²) in [6.07, 6.45) is 3.63. The van der Waals surface area contributed by atoms with Crippen LogP contribution in [0.2, 0.25) is 0 Å². The minimum absolute atomic E-state index is 0.259. The number of hydrogen-bond donors (Lipinski definition) is 1. The van der Waals surface area contributed by atoms with Crippen LogP contribution in [0.15, 0.2) is 28.7 Å². The van der Waals surface area contributed by atoms with E-state index >= 15 is 0 Å². The molecule has 0 bridgehead atoms. The van der Waals surface area contributed by atoms with Crippen LogP contribution >= 0.6 is 0 Å². The van der Waals surface area contributed by atoms with Crippen molar-refractivity contribution in [2.45, 2.75) is 44.4 Å². The fourth-order valence-electron chi connectivity index (χ4n) is 2.74. The summed E-state index contributed by atoms with van der Waals surface area (Å²) in [4.78, 5) is 4.53. The Labute approximate surface area is 113 Å². The quantitative estimate of drug-likeness (QED) is 0.917. The molecule has 0 amide bonds. The summed E-state index contributed by atoms with van der Waals surface area (Å²) in [7, 11) is 1.97. The number of rotatable bonds is 4. The number of benzene rings is 1. The number of nitrogens with one attached hydrogen (secondary N) is 1. The summed E-state index contributed by atoms with van der Waals surface area (Å²) in [6, 6.07) is 8.14. The summed E-state index contributed by atoms with van der Waals surface area (Å²) in [6.45, 7) is 2.13. The molecule has 3 rings (SSSR count). The second-order valence-corrected chi connectivity index (χ2v) is 5.24. The molecule has 1 N–H and O–H groups in total. The van der Waals surface area contributed by atoms with E-state index in [0.717, 1.165) is 36.3 Å². The number of ether oxygens (including phenoxy) is 1. The number of fused-ring (bicyclic) bond motifs is 1. The molecule has 3 atom stereocenters. The molecule has 0 spiro atoms. The molecule has 0 saturated carbocycles. The van der Waals surface area contributed by atoms with Gasteiger partial charge in [0.2, 0.25) is 0 Å². The van der Waals surface area contributed by atoms with Crippen LogP contribution in [0, 0.1) is 0 Å². The van der Waals surface area contributed by atoms with Crippen molar-refractivity contribution in [1.82, 2.24) is 10.3 Å². The summed E-state index contributed by atoms with van der Waals surface area (Å²) < 4.78 is 11.7. The molecule has 1 aliphatic heterocycles. The van der Waals surface area contributed by atoms with E-state index in [0.29, 0.717) is 6.10 Å². The summed E-state index contributed by atoms with van der Waals surface area (Å²) in [5, 5.41) is 3.33. The van der Waals surface area contributed by atoms with Crippen LogP contribution in [0.3, 0.4) is 0 Å². The van der Waals surface area contributed by atoms with Gasteiger partial charge in [-0.15, -0.1) is 0 Å². The zero-order valence-electron chi connectivity index (χ0n) is 11.4. The highest BCUT2D eigenvalue weighted by atomic mass is 16.5. The molecule has 4 nitrogen and oxygen atoms in total. The summed E-state index contributed by atoms with van der Waals surface area (Å²) in [5.41, 5.74) is 1.78. The van der Waals surface area contributed by atoms with Crippen LogP contribution in [0.5, 0.6) is 0 Å². The number of para-hydroxylation sites is 2. The fraction of sp³-hybridized carbons (Fsp3) is 0.533. The van der Waals surface area contributed by atoms with E-state index in [2.05, 4.69) is 17.2 Å². The van der Waals surface area contributed by atoms with Gasteiger partial charge in [-0.25, -0.2) is 4.98 Å². The standard InChI is InChI=1S/C15H20N2O2/c1-10-7-8-14(18-10)12(16-2)9-15-17-11-5-3-4-6-13(11)19-15/h3-6,10,12,14,16H,7-9H2,1-2H3. The van der Waals surface area contributed by atoms with Crippen molar-refractivity contribution in [3.63, 3.8) is 0 Å². The largest absolute Gasteiger partial charge is 0.441 e. The topological polar surface area (TPSA) is 47.3 Å². The Balaban J connectivity index is 1.75. The molecule has 1 aromatic heterocycles. The molecular weight excluding hydrogens is 240 g/mol. The maximum absolute atomic E-state index is 5.93. The van der Waals surface area contributed by atoms with Gasteiger partial charge >= 0.3 is 0 Å². The molecule has 19 heavy (non-hydrogen) atoms. The van der Waals surface area contributed by atoms with E-state index in [9.17, 15) is 0 Å². The molecular formula is C15H20N2O2. The molecule has 2 heterocycles. The van der Waals surface area contributed by atoms with Crippen LogP contribution in [-0.2, 0) is 11.2 Å². The van der Waals surface area contributed by atoms with Crippen molar-refractivity contribution in [2.75, 3.05) is 7.05 Å². The normalized spacial score (nSPS) is 24.9. The van der Waals surface area contributed by atoms with Crippen LogP contribution in [-0.4, -0.2) is 30.3 Å². The Bertz CT molecular complexity index is 519. The van der Waals surface area contributed by atoms with Crippen LogP contribution in [0.25, 0.3) is 11.1 Å². The number of aromatic nitrogens is 1. The van der Waals surface area contributed by atoms with E-state index in [-0.39, 0.29) is 12.1 Å². The molecule has 1 saturated heterocycles. The maximum atomic E-state index is 5.93. The lowest BCUT2D eigenvalue weighted by atomic mass is 10.0. The van der Waals surface area contributed by atoms with Gasteiger partial charge in [-0.3, -0.25) is 0 Å². The van der Waals surface area contributed by atoms with E-state index in [1.54, 1.807) is 0 Å². The number of nitrogens with zero attached hydrogens (tertiary/aromatic N) is 1. The van der Waals surface area contributed by atoms with Crippen molar-refractivity contribution >= 4 is 11.1 Å². The molecule has 1 aromatic carbocycles. The molecule has 1 aliphatic rings. The molecule has 4 heteroatoms. The smallest absolute Gasteiger partial charge is 0.197 e. The van der Waals surface area contributed by atoms with Crippen molar-refractivity contribution in [2.24, 2.45) is 0 Å². The van der Waals surface area contributed by atoms with E-state index in [1.807, 2.05) is 31.3 Å². The SMILES string of the molecule is CNC(Cc1nc2ccccc2o1)C1CCC(C)O1. The number of likely N-dealkylation sites (N-methyl/N-ethyl adjacent to an activating group) is 1.